The first-order valence-corrected chi connectivity index (χ1v) is 10.4. The summed E-state index contributed by atoms with van der Waals surface area (Å²) in [5, 5.41) is -0.408. The summed E-state index contributed by atoms with van der Waals surface area (Å²) in [5.41, 5.74) is 1.60. The highest BCUT2D eigenvalue weighted by molar-refractivity contribution is 8.00. The van der Waals surface area contributed by atoms with Crippen LogP contribution in [0.2, 0.25) is 0 Å². The molecule has 1 aliphatic heterocycles. The number of carbonyl (C=O) groups is 3. The van der Waals surface area contributed by atoms with Gasteiger partial charge in [0.2, 0.25) is 0 Å². The van der Waals surface area contributed by atoms with E-state index < -0.39 is 17.1 Å². The molecular formula is C22H23NO5S. The molecule has 1 amide bonds. The minimum absolute atomic E-state index is 0.258. The third kappa shape index (κ3) is 5.38. The summed E-state index contributed by atoms with van der Waals surface area (Å²) in [6.45, 7) is 0.414. The van der Waals surface area contributed by atoms with Crippen molar-refractivity contribution in [2.75, 3.05) is 32.6 Å². The molecule has 0 radical (unpaired) electrons. The van der Waals surface area contributed by atoms with E-state index in [9.17, 15) is 14.4 Å². The van der Waals surface area contributed by atoms with E-state index in [0.717, 1.165) is 11.1 Å². The number of rotatable bonds is 6. The van der Waals surface area contributed by atoms with Gasteiger partial charge in [-0.05, 0) is 11.1 Å². The van der Waals surface area contributed by atoms with Crippen molar-refractivity contribution >= 4 is 29.6 Å². The van der Waals surface area contributed by atoms with Gasteiger partial charge in [0.1, 0.15) is 11.2 Å². The number of thioether (sulfide) groups is 1. The van der Waals surface area contributed by atoms with E-state index in [1.54, 1.807) is 4.90 Å². The van der Waals surface area contributed by atoms with Crippen molar-refractivity contribution in [3.05, 3.63) is 71.8 Å². The molecule has 1 atom stereocenters. The monoisotopic (exact) mass is 413 g/mol. The van der Waals surface area contributed by atoms with Crippen molar-refractivity contribution in [3.63, 3.8) is 0 Å². The molecule has 152 valence electrons. The predicted molar refractivity (Wildman–Crippen MR) is 111 cm³/mol. The van der Waals surface area contributed by atoms with Crippen LogP contribution < -0.4 is 0 Å². The second-order valence-corrected chi connectivity index (χ2v) is 7.90. The van der Waals surface area contributed by atoms with Gasteiger partial charge in [-0.25, -0.2) is 0 Å². The second-order valence-electron chi connectivity index (χ2n) is 6.58. The summed E-state index contributed by atoms with van der Waals surface area (Å²) in [5.74, 6) is -1.11. The molecule has 1 heterocycles. The lowest BCUT2D eigenvalue weighted by atomic mass is 9.91. The van der Waals surface area contributed by atoms with Gasteiger partial charge in [-0.2, -0.15) is 0 Å². The zero-order valence-corrected chi connectivity index (χ0v) is 17.0. The molecule has 2 aromatic rings. The van der Waals surface area contributed by atoms with E-state index in [2.05, 4.69) is 0 Å². The van der Waals surface area contributed by atoms with Crippen LogP contribution in [0.15, 0.2) is 60.7 Å². The van der Waals surface area contributed by atoms with Crippen molar-refractivity contribution in [3.8, 4) is 0 Å². The first-order chi connectivity index (χ1) is 14.1. The summed E-state index contributed by atoms with van der Waals surface area (Å²) < 4.78 is 10.2. The number of benzene rings is 2. The smallest absolute Gasteiger partial charge is 0.320 e. The molecule has 0 aliphatic carbocycles. The van der Waals surface area contributed by atoms with Gasteiger partial charge in [-0.3, -0.25) is 14.4 Å². The molecule has 1 saturated heterocycles. The fourth-order valence-electron chi connectivity index (χ4n) is 3.21. The van der Waals surface area contributed by atoms with Gasteiger partial charge in [-0.1, -0.05) is 60.7 Å². The van der Waals surface area contributed by atoms with Gasteiger partial charge in [0.05, 0.1) is 7.11 Å². The van der Waals surface area contributed by atoms with E-state index in [1.165, 1.54) is 18.9 Å². The largest absolute Gasteiger partial charge is 0.468 e. The Balaban J connectivity index is 1.66. The van der Waals surface area contributed by atoms with Crippen LogP contribution in [0.3, 0.4) is 0 Å². The number of esters is 2. The van der Waals surface area contributed by atoms with Crippen molar-refractivity contribution in [1.29, 1.82) is 0 Å². The standard InChI is InChI=1S/C22H23NO5S/c1-27-21(25)18-14-23(12-13-29-18)19(24)15-28-22(26)20(16-8-4-2-5-9-16)17-10-6-3-7-11-17/h2-11,18,20H,12-15H2,1H3/t18-/m1/s1. The lowest BCUT2D eigenvalue weighted by Crippen LogP contribution is -2.46. The van der Waals surface area contributed by atoms with Gasteiger partial charge in [0.15, 0.2) is 6.61 Å². The highest BCUT2D eigenvalue weighted by Crippen LogP contribution is 2.26. The molecule has 1 fully saturated rings. The highest BCUT2D eigenvalue weighted by Gasteiger charge is 2.31. The average Bonchev–Trinajstić information content (AvgIpc) is 2.78. The van der Waals surface area contributed by atoms with Crippen LogP contribution in [0.4, 0.5) is 0 Å². The average molecular weight is 413 g/mol. The molecule has 0 bridgehead atoms. The number of hydrogen-bond acceptors (Lipinski definition) is 6. The number of hydrogen-bond donors (Lipinski definition) is 0. The molecular weight excluding hydrogens is 390 g/mol. The maximum Gasteiger partial charge on any atom is 0.320 e. The molecule has 3 rings (SSSR count). The van der Waals surface area contributed by atoms with Gasteiger partial charge < -0.3 is 14.4 Å². The van der Waals surface area contributed by atoms with Crippen LogP contribution in [0.5, 0.6) is 0 Å². The van der Waals surface area contributed by atoms with Gasteiger partial charge in [-0.15, -0.1) is 11.8 Å². The maximum atomic E-state index is 12.9. The number of methoxy groups -OCH3 is 1. The molecule has 0 spiro atoms. The van der Waals surface area contributed by atoms with E-state index >= 15 is 0 Å². The number of amides is 1. The van der Waals surface area contributed by atoms with Gasteiger partial charge >= 0.3 is 11.9 Å². The Hall–Kier alpha value is -2.80. The van der Waals surface area contributed by atoms with E-state index in [1.807, 2.05) is 60.7 Å². The Morgan fingerprint density at radius 1 is 1.03 bits per heavy atom. The second kappa shape index (κ2) is 10.1. The third-order valence-electron chi connectivity index (χ3n) is 4.72. The van der Waals surface area contributed by atoms with Crippen molar-refractivity contribution in [1.82, 2.24) is 4.90 Å². The Morgan fingerprint density at radius 2 is 1.62 bits per heavy atom. The zero-order chi connectivity index (χ0) is 20.6. The van der Waals surface area contributed by atoms with Crippen LogP contribution in [-0.2, 0) is 23.9 Å². The summed E-state index contributed by atoms with van der Waals surface area (Å²) in [6.07, 6.45) is 0. The van der Waals surface area contributed by atoms with E-state index in [-0.39, 0.29) is 25.0 Å². The van der Waals surface area contributed by atoms with Gasteiger partial charge in [0.25, 0.3) is 5.91 Å². The summed E-state index contributed by atoms with van der Waals surface area (Å²) in [7, 11) is 1.33. The molecule has 0 unspecified atom stereocenters. The lowest BCUT2D eigenvalue weighted by molar-refractivity contribution is -0.153. The molecule has 1 aliphatic rings. The van der Waals surface area contributed by atoms with Crippen molar-refractivity contribution < 1.29 is 23.9 Å². The Bertz CT molecular complexity index is 803. The predicted octanol–water partition coefficient (Wildman–Crippen LogP) is 2.48. The number of nitrogens with zero attached hydrogens (tertiary/aromatic N) is 1. The minimum Gasteiger partial charge on any atom is -0.468 e. The fraction of sp³-hybridized carbons (Fsp3) is 0.318. The zero-order valence-electron chi connectivity index (χ0n) is 16.2. The Morgan fingerprint density at radius 3 is 2.17 bits per heavy atom. The third-order valence-corrected chi connectivity index (χ3v) is 5.88. The Labute approximate surface area is 174 Å². The first kappa shape index (κ1) is 20.9. The summed E-state index contributed by atoms with van der Waals surface area (Å²) >= 11 is 1.46. The van der Waals surface area contributed by atoms with E-state index in [0.29, 0.717) is 12.3 Å². The topological polar surface area (TPSA) is 72.9 Å². The van der Waals surface area contributed by atoms with Crippen molar-refractivity contribution in [2.45, 2.75) is 11.2 Å². The maximum absolute atomic E-state index is 12.9. The SMILES string of the molecule is COC(=O)[C@H]1CN(C(=O)COC(=O)C(c2ccccc2)c2ccccc2)CCS1. The van der Waals surface area contributed by atoms with E-state index in [4.69, 9.17) is 9.47 Å². The fourth-order valence-corrected chi connectivity index (χ4v) is 4.34. The molecule has 7 heteroatoms. The number of carbonyl (C=O) groups excluding carboxylic acids is 3. The first-order valence-electron chi connectivity index (χ1n) is 9.34. The van der Waals surface area contributed by atoms with Gasteiger partial charge in [0, 0.05) is 18.8 Å². The summed E-state index contributed by atoms with van der Waals surface area (Å²) in [6, 6.07) is 18.7. The molecule has 29 heavy (non-hydrogen) atoms. The lowest BCUT2D eigenvalue weighted by Gasteiger charge is -2.31. The quantitative estimate of drug-likeness (QED) is 0.678. The van der Waals surface area contributed by atoms with Crippen LogP contribution in [0, 0.1) is 0 Å². The highest BCUT2D eigenvalue weighted by atomic mass is 32.2. The van der Waals surface area contributed by atoms with Crippen molar-refractivity contribution in [2.24, 2.45) is 0 Å². The van der Waals surface area contributed by atoms with Crippen LogP contribution in [0.25, 0.3) is 0 Å². The summed E-state index contributed by atoms with van der Waals surface area (Å²) in [4.78, 5) is 38.7. The molecule has 0 N–H and O–H groups in total. The molecule has 0 saturated carbocycles. The molecule has 2 aromatic carbocycles. The molecule has 0 aromatic heterocycles. The van der Waals surface area contributed by atoms with Crippen LogP contribution >= 0.6 is 11.8 Å². The Kier molecular flexibility index (Phi) is 7.30. The van der Waals surface area contributed by atoms with Crippen LogP contribution in [-0.4, -0.2) is 60.6 Å². The molecule has 6 nitrogen and oxygen atoms in total. The number of ether oxygens (including phenoxy) is 2. The van der Waals surface area contributed by atoms with Crippen LogP contribution in [0.1, 0.15) is 17.0 Å². The normalized spacial score (nSPS) is 16.3. The minimum atomic E-state index is -0.607.